The van der Waals surface area contributed by atoms with Gasteiger partial charge in [0.1, 0.15) is 0 Å². The maximum atomic E-state index is 12.3. The number of piperidine rings is 1. The van der Waals surface area contributed by atoms with Gasteiger partial charge in [-0.05, 0) is 32.8 Å². The first-order valence-electron chi connectivity index (χ1n) is 8.65. The van der Waals surface area contributed by atoms with Crippen LogP contribution in [0, 0.1) is 0 Å². The first-order valence-corrected chi connectivity index (χ1v) is 8.65. The van der Waals surface area contributed by atoms with Crippen LogP contribution in [0.25, 0.3) is 0 Å². The molecule has 1 amide bonds. The van der Waals surface area contributed by atoms with Crippen molar-refractivity contribution in [1.82, 2.24) is 24.8 Å². The third-order valence-electron chi connectivity index (χ3n) is 4.70. The topological polar surface area (TPSA) is 67.4 Å². The second-order valence-electron chi connectivity index (χ2n) is 6.20. The Morgan fingerprint density at radius 1 is 1.33 bits per heavy atom. The highest BCUT2D eigenvalue weighted by atomic mass is 16.3. The van der Waals surface area contributed by atoms with Crippen molar-refractivity contribution in [2.75, 3.05) is 26.2 Å². The van der Waals surface area contributed by atoms with E-state index in [1.165, 1.54) is 5.56 Å². The molecule has 1 saturated heterocycles. The highest BCUT2D eigenvalue weighted by Gasteiger charge is 2.23. The van der Waals surface area contributed by atoms with Crippen LogP contribution >= 0.6 is 0 Å². The molecular formula is C17H25N5O2. The lowest BCUT2D eigenvalue weighted by molar-refractivity contribution is 0.0767. The van der Waals surface area contributed by atoms with Gasteiger partial charge in [0.25, 0.3) is 5.91 Å². The molecule has 0 bridgehead atoms. The summed E-state index contributed by atoms with van der Waals surface area (Å²) in [6, 6.07) is 2.32. The van der Waals surface area contributed by atoms with Crippen molar-refractivity contribution in [3.8, 4) is 0 Å². The fourth-order valence-electron chi connectivity index (χ4n) is 3.21. The first-order chi connectivity index (χ1) is 11.7. The quantitative estimate of drug-likeness (QED) is 0.812. The molecule has 3 heterocycles. The second kappa shape index (κ2) is 7.61. The minimum Gasteiger partial charge on any atom is -0.472 e. The number of furan rings is 1. The standard InChI is InChI=1S/C17H25N5O2/c1-3-21(4-2)17(23)16-12-22(19-18-16)15-5-8-20(9-6-15)11-14-7-10-24-13-14/h7,10,12-13,15H,3-6,8-9,11H2,1-2H3. The molecule has 0 radical (unpaired) electrons. The second-order valence-corrected chi connectivity index (χ2v) is 6.20. The Morgan fingerprint density at radius 3 is 2.71 bits per heavy atom. The van der Waals surface area contributed by atoms with Gasteiger partial charge in [-0.15, -0.1) is 5.10 Å². The molecule has 1 aliphatic rings. The zero-order chi connectivity index (χ0) is 16.9. The number of hydrogen-bond donors (Lipinski definition) is 0. The third kappa shape index (κ3) is 3.67. The van der Waals surface area contributed by atoms with Crippen molar-refractivity contribution < 1.29 is 9.21 Å². The molecule has 2 aromatic heterocycles. The minimum absolute atomic E-state index is 0.0383. The maximum Gasteiger partial charge on any atom is 0.276 e. The van der Waals surface area contributed by atoms with Crippen molar-refractivity contribution in [2.24, 2.45) is 0 Å². The number of amides is 1. The van der Waals surface area contributed by atoms with Gasteiger partial charge >= 0.3 is 0 Å². The van der Waals surface area contributed by atoms with Crippen LogP contribution in [-0.4, -0.2) is 56.9 Å². The summed E-state index contributed by atoms with van der Waals surface area (Å²) in [6.07, 6.45) is 7.35. The Kier molecular flexibility index (Phi) is 5.30. The largest absolute Gasteiger partial charge is 0.472 e. The van der Waals surface area contributed by atoms with Crippen LogP contribution in [-0.2, 0) is 6.54 Å². The summed E-state index contributed by atoms with van der Waals surface area (Å²) in [6.45, 7) is 8.27. The summed E-state index contributed by atoms with van der Waals surface area (Å²) in [7, 11) is 0. The highest BCUT2D eigenvalue weighted by Crippen LogP contribution is 2.23. The first kappa shape index (κ1) is 16.7. The van der Waals surface area contributed by atoms with Gasteiger partial charge < -0.3 is 9.32 Å². The summed E-state index contributed by atoms with van der Waals surface area (Å²) < 4.78 is 6.99. The van der Waals surface area contributed by atoms with E-state index in [1.807, 2.05) is 24.6 Å². The number of hydrogen-bond acceptors (Lipinski definition) is 5. The summed E-state index contributed by atoms with van der Waals surface area (Å²) in [4.78, 5) is 16.5. The van der Waals surface area contributed by atoms with E-state index in [1.54, 1.807) is 23.6 Å². The molecule has 2 aromatic rings. The van der Waals surface area contributed by atoms with Crippen molar-refractivity contribution in [3.63, 3.8) is 0 Å². The van der Waals surface area contributed by atoms with E-state index in [9.17, 15) is 4.79 Å². The van der Waals surface area contributed by atoms with Gasteiger partial charge in [0.15, 0.2) is 5.69 Å². The lowest BCUT2D eigenvalue weighted by Gasteiger charge is -2.31. The molecular weight excluding hydrogens is 306 g/mol. The number of rotatable bonds is 6. The Morgan fingerprint density at radius 2 is 2.08 bits per heavy atom. The average Bonchev–Trinajstić information content (AvgIpc) is 3.28. The van der Waals surface area contributed by atoms with Crippen LogP contribution in [0.4, 0.5) is 0 Å². The summed E-state index contributed by atoms with van der Waals surface area (Å²) >= 11 is 0. The van der Waals surface area contributed by atoms with Crippen molar-refractivity contribution >= 4 is 5.91 Å². The van der Waals surface area contributed by atoms with Crippen LogP contribution in [0.3, 0.4) is 0 Å². The van der Waals surface area contributed by atoms with Gasteiger partial charge in [-0.1, -0.05) is 5.21 Å². The monoisotopic (exact) mass is 331 g/mol. The molecule has 0 unspecified atom stereocenters. The van der Waals surface area contributed by atoms with E-state index in [4.69, 9.17) is 4.42 Å². The van der Waals surface area contributed by atoms with Gasteiger partial charge in [-0.3, -0.25) is 9.69 Å². The number of aromatic nitrogens is 3. The van der Waals surface area contributed by atoms with E-state index in [2.05, 4.69) is 15.2 Å². The molecule has 1 aliphatic heterocycles. The molecule has 3 rings (SSSR count). The van der Waals surface area contributed by atoms with Crippen molar-refractivity contribution in [1.29, 1.82) is 0 Å². The highest BCUT2D eigenvalue weighted by molar-refractivity contribution is 5.91. The fourth-order valence-corrected chi connectivity index (χ4v) is 3.21. The lowest BCUT2D eigenvalue weighted by atomic mass is 10.0. The van der Waals surface area contributed by atoms with E-state index in [-0.39, 0.29) is 5.91 Å². The van der Waals surface area contributed by atoms with Gasteiger partial charge in [0, 0.05) is 38.3 Å². The number of likely N-dealkylation sites (tertiary alicyclic amines) is 1. The van der Waals surface area contributed by atoms with Gasteiger partial charge in [-0.2, -0.15) is 0 Å². The molecule has 24 heavy (non-hydrogen) atoms. The number of carbonyl (C=O) groups is 1. The number of nitrogens with zero attached hydrogens (tertiary/aromatic N) is 5. The Hall–Kier alpha value is -2.15. The molecule has 130 valence electrons. The molecule has 0 spiro atoms. The van der Waals surface area contributed by atoms with E-state index >= 15 is 0 Å². The molecule has 7 heteroatoms. The van der Waals surface area contributed by atoms with E-state index in [0.717, 1.165) is 32.5 Å². The van der Waals surface area contributed by atoms with Gasteiger partial charge in [-0.25, -0.2) is 4.68 Å². The van der Waals surface area contributed by atoms with Crippen LogP contribution in [0.5, 0.6) is 0 Å². The SMILES string of the molecule is CCN(CC)C(=O)c1cn(C2CCN(Cc3ccoc3)CC2)nn1. The molecule has 0 saturated carbocycles. The Bertz CT molecular complexity index is 640. The van der Waals surface area contributed by atoms with Crippen LogP contribution in [0.2, 0.25) is 0 Å². The zero-order valence-electron chi connectivity index (χ0n) is 14.4. The summed E-state index contributed by atoms with van der Waals surface area (Å²) in [5.41, 5.74) is 1.65. The fraction of sp³-hybridized carbons (Fsp3) is 0.588. The van der Waals surface area contributed by atoms with Crippen molar-refractivity contribution in [2.45, 2.75) is 39.3 Å². The van der Waals surface area contributed by atoms with Crippen LogP contribution < -0.4 is 0 Å². The molecule has 0 aliphatic carbocycles. The van der Waals surface area contributed by atoms with Crippen LogP contribution in [0.1, 0.15) is 48.8 Å². The molecule has 0 N–H and O–H groups in total. The number of carbonyl (C=O) groups excluding carboxylic acids is 1. The van der Waals surface area contributed by atoms with Crippen molar-refractivity contribution in [3.05, 3.63) is 36.0 Å². The van der Waals surface area contributed by atoms with Gasteiger partial charge in [0.05, 0.1) is 24.8 Å². The minimum atomic E-state index is -0.0383. The van der Waals surface area contributed by atoms with E-state index in [0.29, 0.717) is 24.8 Å². The Labute approximate surface area is 142 Å². The predicted octanol–water partition coefficient (Wildman–Crippen LogP) is 2.19. The normalized spacial score (nSPS) is 16.4. The van der Waals surface area contributed by atoms with Gasteiger partial charge in [0.2, 0.25) is 0 Å². The molecule has 0 aromatic carbocycles. The summed E-state index contributed by atoms with van der Waals surface area (Å²) in [5.74, 6) is -0.0383. The maximum absolute atomic E-state index is 12.3. The van der Waals surface area contributed by atoms with E-state index < -0.39 is 0 Å². The zero-order valence-corrected chi connectivity index (χ0v) is 14.4. The Balaban J connectivity index is 1.56. The molecule has 1 fully saturated rings. The average molecular weight is 331 g/mol. The van der Waals surface area contributed by atoms with Crippen LogP contribution in [0.15, 0.2) is 29.2 Å². The summed E-state index contributed by atoms with van der Waals surface area (Å²) in [5, 5.41) is 8.28. The smallest absolute Gasteiger partial charge is 0.276 e. The molecule has 0 atom stereocenters. The predicted molar refractivity (Wildman–Crippen MR) is 89.5 cm³/mol. The lowest BCUT2D eigenvalue weighted by Crippen LogP contribution is -2.34. The third-order valence-corrected chi connectivity index (χ3v) is 4.70. The molecule has 7 nitrogen and oxygen atoms in total.